The van der Waals surface area contributed by atoms with E-state index in [9.17, 15) is 15.3 Å². The minimum atomic E-state index is -0.288. The predicted octanol–water partition coefficient (Wildman–Crippen LogP) is 2.76. The van der Waals surface area contributed by atoms with Crippen LogP contribution in [0.15, 0.2) is 42.7 Å². The first-order valence-electron chi connectivity index (χ1n) is 8.04. The fourth-order valence-corrected chi connectivity index (χ4v) is 2.73. The van der Waals surface area contributed by atoms with Gasteiger partial charge in [-0.1, -0.05) is 12.1 Å². The zero-order valence-corrected chi connectivity index (χ0v) is 14.2. The van der Waals surface area contributed by atoms with Gasteiger partial charge in [0, 0.05) is 11.1 Å². The Hall–Kier alpha value is -3.94. The number of aromatic nitrogens is 4. The molecule has 0 aliphatic rings. The van der Waals surface area contributed by atoms with Crippen LogP contribution in [0.25, 0.3) is 33.7 Å². The number of aromatic hydroxyl groups is 3. The van der Waals surface area contributed by atoms with Crippen molar-refractivity contribution in [1.82, 2.24) is 19.9 Å². The fourth-order valence-electron chi connectivity index (χ4n) is 2.73. The first-order valence-corrected chi connectivity index (χ1v) is 8.04. The lowest BCUT2D eigenvalue weighted by molar-refractivity contribution is 0.404. The van der Waals surface area contributed by atoms with Gasteiger partial charge < -0.3 is 21.1 Å². The standard InChI is InChI=1S/C19H15N5O3/c1-9-2-3-10(6-13(9)26)16-15(11-4-5-12(25)14(27)7-11)23-17-18(20)21-8-22-19(17)24-16/h2-8,25-27H,1H3,(H2,20,21,22,24). The van der Waals surface area contributed by atoms with Gasteiger partial charge in [-0.3, -0.25) is 0 Å². The predicted molar refractivity (Wildman–Crippen MR) is 100 cm³/mol. The molecule has 0 aliphatic heterocycles. The lowest BCUT2D eigenvalue weighted by atomic mass is 10.0. The Morgan fingerprint density at radius 3 is 2.15 bits per heavy atom. The van der Waals surface area contributed by atoms with Crippen molar-refractivity contribution >= 4 is 17.0 Å². The van der Waals surface area contributed by atoms with Gasteiger partial charge in [0.1, 0.15) is 12.1 Å². The van der Waals surface area contributed by atoms with Crippen molar-refractivity contribution in [1.29, 1.82) is 0 Å². The van der Waals surface area contributed by atoms with Crippen LogP contribution in [0.1, 0.15) is 5.56 Å². The van der Waals surface area contributed by atoms with E-state index in [1.54, 1.807) is 31.2 Å². The molecule has 2 aromatic heterocycles. The van der Waals surface area contributed by atoms with E-state index in [-0.39, 0.29) is 23.1 Å². The Kier molecular flexibility index (Phi) is 3.73. The number of aryl methyl sites for hydroxylation is 1. The van der Waals surface area contributed by atoms with Crippen LogP contribution in [0, 0.1) is 6.92 Å². The topological polar surface area (TPSA) is 138 Å². The van der Waals surface area contributed by atoms with E-state index < -0.39 is 0 Å². The number of nitrogens with two attached hydrogens (primary N) is 1. The Labute approximate surface area is 153 Å². The maximum Gasteiger partial charge on any atom is 0.184 e. The maximum absolute atomic E-state index is 10.1. The highest BCUT2D eigenvalue weighted by atomic mass is 16.3. The SMILES string of the molecule is Cc1ccc(-c2nc3ncnc(N)c3nc2-c2ccc(O)c(O)c2)cc1O. The number of phenols is 3. The Balaban J connectivity index is 2.05. The van der Waals surface area contributed by atoms with Gasteiger partial charge in [0.2, 0.25) is 0 Å². The molecule has 4 aromatic rings. The summed E-state index contributed by atoms with van der Waals surface area (Å²) in [4.78, 5) is 17.2. The van der Waals surface area contributed by atoms with Gasteiger partial charge >= 0.3 is 0 Å². The van der Waals surface area contributed by atoms with E-state index in [0.717, 1.165) is 5.56 Å². The van der Waals surface area contributed by atoms with Crippen molar-refractivity contribution < 1.29 is 15.3 Å². The molecule has 0 unspecified atom stereocenters. The van der Waals surface area contributed by atoms with Gasteiger partial charge in [-0.15, -0.1) is 0 Å². The van der Waals surface area contributed by atoms with Crippen LogP contribution >= 0.6 is 0 Å². The van der Waals surface area contributed by atoms with Crippen molar-refractivity contribution in [3.63, 3.8) is 0 Å². The summed E-state index contributed by atoms with van der Waals surface area (Å²) in [6.07, 6.45) is 1.30. The van der Waals surface area contributed by atoms with E-state index >= 15 is 0 Å². The van der Waals surface area contributed by atoms with E-state index in [0.29, 0.717) is 33.7 Å². The molecule has 8 nitrogen and oxygen atoms in total. The number of nitrogens with zero attached hydrogens (tertiary/aromatic N) is 4. The summed E-state index contributed by atoms with van der Waals surface area (Å²) in [5.74, 6) is -0.236. The molecule has 27 heavy (non-hydrogen) atoms. The number of nitrogen functional groups attached to an aromatic ring is 1. The zero-order chi connectivity index (χ0) is 19.1. The number of benzene rings is 2. The number of rotatable bonds is 2. The molecular weight excluding hydrogens is 346 g/mol. The number of hydrogen-bond donors (Lipinski definition) is 4. The van der Waals surface area contributed by atoms with Gasteiger partial charge in [0.05, 0.1) is 11.4 Å². The van der Waals surface area contributed by atoms with Gasteiger partial charge in [-0.05, 0) is 36.8 Å². The Morgan fingerprint density at radius 1 is 0.778 bits per heavy atom. The van der Waals surface area contributed by atoms with Crippen LogP contribution < -0.4 is 5.73 Å². The third kappa shape index (κ3) is 2.82. The van der Waals surface area contributed by atoms with Crippen LogP contribution in [0.4, 0.5) is 5.82 Å². The monoisotopic (exact) mass is 361 g/mol. The summed E-state index contributed by atoms with van der Waals surface area (Å²) < 4.78 is 0. The average molecular weight is 361 g/mol. The smallest absolute Gasteiger partial charge is 0.184 e. The molecule has 0 saturated carbocycles. The molecule has 5 N–H and O–H groups in total. The van der Waals surface area contributed by atoms with Crippen molar-refractivity contribution in [3.05, 3.63) is 48.3 Å². The maximum atomic E-state index is 10.1. The highest BCUT2D eigenvalue weighted by molar-refractivity contribution is 5.89. The lowest BCUT2D eigenvalue weighted by Gasteiger charge is -2.12. The second kappa shape index (κ2) is 6.10. The highest BCUT2D eigenvalue weighted by Crippen LogP contribution is 2.36. The third-order valence-corrected chi connectivity index (χ3v) is 4.23. The van der Waals surface area contributed by atoms with Crippen molar-refractivity contribution in [2.75, 3.05) is 5.73 Å². The summed E-state index contributed by atoms with van der Waals surface area (Å²) in [5.41, 5.74) is 9.24. The number of phenolic OH excluding ortho intramolecular Hbond substituents is 3. The first kappa shape index (κ1) is 16.5. The highest BCUT2D eigenvalue weighted by Gasteiger charge is 2.17. The number of hydrogen-bond acceptors (Lipinski definition) is 8. The average Bonchev–Trinajstić information content (AvgIpc) is 2.66. The van der Waals surface area contributed by atoms with Crippen molar-refractivity contribution in [2.24, 2.45) is 0 Å². The van der Waals surface area contributed by atoms with Gasteiger partial charge in [0.25, 0.3) is 0 Å². The molecule has 134 valence electrons. The fraction of sp³-hybridized carbons (Fsp3) is 0.0526. The Morgan fingerprint density at radius 2 is 1.44 bits per heavy atom. The quantitative estimate of drug-likeness (QED) is 0.400. The zero-order valence-electron chi connectivity index (χ0n) is 14.2. The molecular formula is C19H15N5O3. The molecule has 4 rings (SSSR count). The summed E-state index contributed by atoms with van der Waals surface area (Å²) in [6, 6.07) is 9.49. The molecule has 0 bridgehead atoms. The minimum Gasteiger partial charge on any atom is -0.508 e. The Bertz CT molecular complexity index is 1190. The molecule has 0 radical (unpaired) electrons. The van der Waals surface area contributed by atoms with Crippen LogP contribution in [0.3, 0.4) is 0 Å². The molecule has 0 fully saturated rings. The van der Waals surface area contributed by atoms with Gasteiger partial charge in [-0.2, -0.15) is 0 Å². The van der Waals surface area contributed by atoms with Crippen LogP contribution in [-0.4, -0.2) is 35.3 Å². The number of fused-ring (bicyclic) bond motifs is 1. The van der Waals surface area contributed by atoms with E-state index in [4.69, 9.17) is 5.73 Å². The van der Waals surface area contributed by atoms with Crippen molar-refractivity contribution in [2.45, 2.75) is 6.92 Å². The van der Waals surface area contributed by atoms with Gasteiger partial charge in [-0.25, -0.2) is 19.9 Å². The molecule has 2 aromatic carbocycles. The molecule has 0 spiro atoms. The molecule has 8 heteroatoms. The molecule has 0 saturated heterocycles. The van der Waals surface area contributed by atoms with E-state index in [2.05, 4.69) is 19.9 Å². The summed E-state index contributed by atoms with van der Waals surface area (Å²) in [7, 11) is 0. The molecule has 0 atom stereocenters. The second-order valence-electron chi connectivity index (χ2n) is 6.06. The first-order chi connectivity index (χ1) is 12.9. The summed E-state index contributed by atoms with van der Waals surface area (Å²) in [6.45, 7) is 1.79. The third-order valence-electron chi connectivity index (χ3n) is 4.23. The van der Waals surface area contributed by atoms with Crippen LogP contribution in [0.2, 0.25) is 0 Å². The molecule has 2 heterocycles. The van der Waals surface area contributed by atoms with Crippen LogP contribution in [0.5, 0.6) is 17.2 Å². The largest absolute Gasteiger partial charge is 0.508 e. The normalized spacial score (nSPS) is 11.0. The van der Waals surface area contributed by atoms with E-state index in [1.165, 1.54) is 18.5 Å². The van der Waals surface area contributed by atoms with Crippen molar-refractivity contribution in [3.8, 4) is 39.8 Å². The molecule has 0 aliphatic carbocycles. The van der Waals surface area contributed by atoms with E-state index in [1.807, 2.05) is 0 Å². The summed E-state index contributed by atoms with van der Waals surface area (Å²) >= 11 is 0. The molecule has 0 amide bonds. The van der Waals surface area contributed by atoms with Gasteiger partial charge in [0.15, 0.2) is 28.5 Å². The number of anilines is 1. The lowest BCUT2D eigenvalue weighted by Crippen LogP contribution is -2.01. The summed E-state index contributed by atoms with van der Waals surface area (Å²) in [5, 5.41) is 29.6. The van der Waals surface area contributed by atoms with Crippen LogP contribution in [-0.2, 0) is 0 Å². The minimum absolute atomic E-state index is 0.121. The second-order valence-corrected chi connectivity index (χ2v) is 6.06.